The number of nitrogens with one attached hydrogen (secondary N) is 1. The lowest BCUT2D eigenvalue weighted by atomic mass is 10.1. The smallest absolute Gasteiger partial charge is 0.0595 e. The van der Waals surface area contributed by atoms with E-state index in [-0.39, 0.29) is 0 Å². The van der Waals surface area contributed by atoms with E-state index in [0.717, 1.165) is 57.7 Å². The van der Waals surface area contributed by atoms with Crippen LogP contribution in [0, 0.1) is 0 Å². The Labute approximate surface area is 122 Å². The first-order chi connectivity index (χ1) is 9.81. The zero-order valence-corrected chi connectivity index (χ0v) is 12.8. The van der Waals surface area contributed by atoms with Crippen molar-refractivity contribution in [3.63, 3.8) is 0 Å². The first-order valence-corrected chi connectivity index (χ1v) is 7.72. The van der Waals surface area contributed by atoms with Gasteiger partial charge in [0.15, 0.2) is 0 Å². The van der Waals surface area contributed by atoms with Gasteiger partial charge in [-0.05, 0) is 37.9 Å². The molecule has 2 rings (SSSR count). The molecule has 0 aliphatic carbocycles. The molecule has 4 heteroatoms. The fourth-order valence-corrected chi connectivity index (χ4v) is 2.64. The first-order valence-electron chi connectivity index (χ1n) is 7.72. The predicted molar refractivity (Wildman–Crippen MR) is 81.5 cm³/mol. The van der Waals surface area contributed by atoms with Crippen LogP contribution in [-0.2, 0) is 17.8 Å². The Bertz CT molecular complexity index is 389. The van der Waals surface area contributed by atoms with Crippen molar-refractivity contribution in [2.75, 3.05) is 26.7 Å². The third-order valence-corrected chi connectivity index (χ3v) is 3.85. The van der Waals surface area contributed by atoms with Crippen molar-refractivity contribution in [1.29, 1.82) is 0 Å². The number of piperidine rings is 1. The van der Waals surface area contributed by atoms with Crippen molar-refractivity contribution >= 4 is 0 Å². The number of hydrogen-bond donors (Lipinski definition) is 1. The van der Waals surface area contributed by atoms with E-state index in [1.807, 2.05) is 7.11 Å². The van der Waals surface area contributed by atoms with Gasteiger partial charge in [-0.15, -0.1) is 0 Å². The van der Waals surface area contributed by atoms with Crippen LogP contribution in [-0.4, -0.2) is 42.7 Å². The Morgan fingerprint density at radius 2 is 2.05 bits per heavy atom. The van der Waals surface area contributed by atoms with Gasteiger partial charge in [-0.3, -0.25) is 9.88 Å². The van der Waals surface area contributed by atoms with Crippen LogP contribution in [0.15, 0.2) is 18.2 Å². The Morgan fingerprint density at radius 1 is 1.30 bits per heavy atom. The summed E-state index contributed by atoms with van der Waals surface area (Å²) in [5.74, 6) is 0. The maximum atomic E-state index is 5.41. The minimum atomic E-state index is 0.448. The molecule has 20 heavy (non-hydrogen) atoms. The van der Waals surface area contributed by atoms with Gasteiger partial charge in [0.2, 0.25) is 0 Å². The van der Waals surface area contributed by atoms with E-state index >= 15 is 0 Å². The summed E-state index contributed by atoms with van der Waals surface area (Å²) in [7, 11) is 1.81. The van der Waals surface area contributed by atoms with Crippen LogP contribution in [0.2, 0.25) is 0 Å². The fourth-order valence-electron chi connectivity index (χ4n) is 2.64. The average Bonchev–Trinajstić information content (AvgIpc) is 2.49. The van der Waals surface area contributed by atoms with E-state index in [1.165, 1.54) is 5.69 Å². The molecule has 0 bridgehead atoms. The number of nitrogens with zero attached hydrogens (tertiary/aromatic N) is 2. The van der Waals surface area contributed by atoms with Crippen LogP contribution >= 0.6 is 0 Å². The van der Waals surface area contributed by atoms with Gasteiger partial charge in [-0.25, -0.2) is 0 Å². The van der Waals surface area contributed by atoms with E-state index in [9.17, 15) is 0 Å². The number of ether oxygens (including phenoxy) is 1. The molecule has 1 aliphatic heterocycles. The molecule has 0 amide bonds. The van der Waals surface area contributed by atoms with Crippen molar-refractivity contribution in [2.24, 2.45) is 0 Å². The molecule has 1 aromatic rings. The van der Waals surface area contributed by atoms with Crippen molar-refractivity contribution in [2.45, 2.75) is 45.4 Å². The molecule has 0 unspecified atom stereocenters. The second-order valence-corrected chi connectivity index (χ2v) is 5.51. The zero-order chi connectivity index (χ0) is 14.2. The van der Waals surface area contributed by atoms with Crippen LogP contribution in [0.5, 0.6) is 0 Å². The Hall–Kier alpha value is -0.970. The number of likely N-dealkylation sites (tertiary alicyclic amines) is 1. The maximum Gasteiger partial charge on any atom is 0.0595 e. The molecule has 4 nitrogen and oxygen atoms in total. The van der Waals surface area contributed by atoms with Gasteiger partial charge >= 0.3 is 0 Å². The van der Waals surface area contributed by atoms with E-state index in [0.29, 0.717) is 6.10 Å². The molecule has 2 heterocycles. The van der Waals surface area contributed by atoms with Crippen LogP contribution in [0.3, 0.4) is 0 Å². The zero-order valence-electron chi connectivity index (χ0n) is 12.8. The Balaban J connectivity index is 1.82. The van der Waals surface area contributed by atoms with Crippen LogP contribution < -0.4 is 5.32 Å². The third-order valence-electron chi connectivity index (χ3n) is 3.85. The van der Waals surface area contributed by atoms with Gasteiger partial charge in [0.05, 0.1) is 17.5 Å². The molecule has 1 aliphatic rings. The molecule has 1 fully saturated rings. The number of rotatable bonds is 7. The summed E-state index contributed by atoms with van der Waals surface area (Å²) in [4.78, 5) is 7.22. The summed E-state index contributed by atoms with van der Waals surface area (Å²) < 4.78 is 5.41. The second-order valence-electron chi connectivity index (χ2n) is 5.51. The number of hydrogen-bond acceptors (Lipinski definition) is 4. The summed E-state index contributed by atoms with van der Waals surface area (Å²) in [5, 5.41) is 3.40. The SMILES string of the molecule is CCCNCc1cccc(CN2CCC(OC)CC2)n1. The molecule has 0 spiro atoms. The van der Waals surface area contributed by atoms with Gasteiger partial charge < -0.3 is 10.1 Å². The second kappa shape index (κ2) is 8.35. The molecule has 1 saturated heterocycles. The lowest BCUT2D eigenvalue weighted by molar-refractivity contribution is 0.0385. The van der Waals surface area contributed by atoms with Crippen LogP contribution in [0.25, 0.3) is 0 Å². The summed E-state index contributed by atoms with van der Waals surface area (Å²) >= 11 is 0. The normalized spacial score (nSPS) is 17.5. The van der Waals surface area contributed by atoms with Crippen molar-refractivity contribution in [3.05, 3.63) is 29.6 Å². The lowest BCUT2D eigenvalue weighted by Gasteiger charge is -2.30. The van der Waals surface area contributed by atoms with E-state index in [1.54, 1.807) is 0 Å². The van der Waals surface area contributed by atoms with E-state index in [2.05, 4.69) is 35.3 Å². The standard InChI is InChI=1S/C16H27N3O/c1-3-9-17-12-14-5-4-6-15(18-14)13-19-10-7-16(20-2)8-11-19/h4-6,16-17H,3,7-13H2,1-2H3. The van der Waals surface area contributed by atoms with Gasteiger partial charge in [0.1, 0.15) is 0 Å². The molecule has 1 N–H and O–H groups in total. The first kappa shape index (κ1) is 15.4. The summed E-state index contributed by atoms with van der Waals surface area (Å²) in [6.07, 6.45) is 3.88. The van der Waals surface area contributed by atoms with Crippen LogP contribution in [0.4, 0.5) is 0 Å². The van der Waals surface area contributed by atoms with Gasteiger partial charge in [0, 0.05) is 33.3 Å². The number of aromatic nitrogens is 1. The molecule has 0 radical (unpaired) electrons. The Morgan fingerprint density at radius 3 is 2.75 bits per heavy atom. The van der Waals surface area contributed by atoms with E-state index < -0.39 is 0 Å². The molecular formula is C16H27N3O. The van der Waals surface area contributed by atoms with Crippen molar-refractivity contribution < 1.29 is 4.74 Å². The highest BCUT2D eigenvalue weighted by molar-refractivity contribution is 5.11. The van der Waals surface area contributed by atoms with Gasteiger partial charge in [0.25, 0.3) is 0 Å². The highest BCUT2D eigenvalue weighted by Gasteiger charge is 2.18. The fraction of sp³-hybridized carbons (Fsp3) is 0.688. The predicted octanol–water partition coefficient (Wildman–Crippen LogP) is 2.19. The maximum absolute atomic E-state index is 5.41. The largest absolute Gasteiger partial charge is 0.381 e. The summed E-state index contributed by atoms with van der Waals surface area (Å²) in [6.45, 7) is 7.28. The van der Waals surface area contributed by atoms with Crippen molar-refractivity contribution in [3.8, 4) is 0 Å². The molecule has 0 aromatic carbocycles. The minimum Gasteiger partial charge on any atom is -0.381 e. The lowest BCUT2D eigenvalue weighted by Crippen LogP contribution is -2.36. The molecule has 112 valence electrons. The van der Waals surface area contributed by atoms with Crippen LogP contribution in [0.1, 0.15) is 37.6 Å². The number of methoxy groups -OCH3 is 1. The third kappa shape index (κ3) is 4.85. The molecule has 1 aromatic heterocycles. The summed E-state index contributed by atoms with van der Waals surface area (Å²) in [5.41, 5.74) is 2.32. The highest BCUT2D eigenvalue weighted by Crippen LogP contribution is 2.15. The Kier molecular flexibility index (Phi) is 6.43. The minimum absolute atomic E-state index is 0.448. The number of pyridine rings is 1. The molecule has 0 saturated carbocycles. The highest BCUT2D eigenvalue weighted by atomic mass is 16.5. The van der Waals surface area contributed by atoms with Crippen molar-refractivity contribution in [1.82, 2.24) is 15.2 Å². The van der Waals surface area contributed by atoms with Gasteiger partial charge in [-0.1, -0.05) is 13.0 Å². The quantitative estimate of drug-likeness (QED) is 0.775. The molecular weight excluding hydrogens is 250 g/mol. The van der Waals surface area contributed by atoms with Gasteiger partial charge in [-0.2, -0.15) is 0 Å². The monoisotopic (exact) mass is 277 g/mol. The summed E-state index contributed by atoms with van der Waals surface area (Å²) in [6, 6.07) is 6.35. The van der Waals surface area contributed by atoms with E-state index in [4.69, 9.17) is 9.72 Å². The molecule has 0 atom stereocenters. The topological polar surface area (TPSA) is 37.4 Å². The average molecular weight is 277 g/mol.